The number of rotatable bonds is 4. The fourth-order valence-corrected chi connectivity index (χ4v) is 2.53. The van der Waals surface area contributed by atoms with Gasteiger partial charge in [0, 0.05) is 15.4 Å². The van der Waals surface area contributed by atoms with Crippen LogP contribution in [-0.2, 0) is 11.9 Å². The molecule has 0 unspecified atom stereocenters. The highest BCUT2D eigenvalue weighted by atomic mass is 79.9. The van der Waals surface area contributed by atoms with Gasteiger partial charge in [-0.15, -0.1) is 0 Å². The molecule has 0 aliphatic rings. The Morgan fingerprint density at radius 3 is 2.74 bits per heavy atom. The number of nitrogens with zero attached hydrogens (tertiary/aromatic N) is 1. The molecule has 96 valence electrons. The van der Waals surface area contributed by atoms with Gasteiger partial charge in [-0.1, -0.05) is 44.0 Å². The zero-order valence-electron chi connectivity index (χ0n) is 10.1. The predicted molar refractivity (Wildman–Crippen MR) is 82.3 cm³/mol. The van der Waals surface area contributed by atoms with E-state index in [1.807, 2.05) is 36.4 Å². The van der Waals surface area contributed by atoms with Crippen LogP contribution in [0.1, 0.15) is 16.7 Å². The van der Waals surface area contributed by atoms with Crippen molar-refractivity contribution in [1.29, 1.82) is 5.26 Å². The highest BCUT2D eigenvalue weighted by molar-refractivity contribution is 9.10. The minimum absolute atomic E-state index is 0.456. The molecule has 0 N–H and O–H groups in total. The van der Waals surface area contributed by atoms with Crippen LogP contribution in [0.4, 0.5) is 0 Å². The zero-order chi connectivity index (χ0) is 13.7. The number of hydrogen-bond donors (Lipinski definition) is 0. The smallest absolute Gasteiger partial charge is 0.123 e. The zero-order valence-corrected chi connectivity index (χ0v) is 13.2. The molecular weight excluding hydrogens is 370 g/mol. The molecule has 4 heteroatoms. The highest BCUT2D eigenvalue weighted by Gasteiger charge is 2.04. The van der Waals surface area contributed by atoms with E-state index in [0.29, 0.717) is 12.2 Å². The van der Waals surface area contributed by atoms with E-state index in [0.717, 1.165) is 26.7 Å². The summed E-state index contributed by atoms with van der Waals surface area (Å²) < 4.78 is 6.84. The van der Waals surface area contributed by atoms with Gasteiger partial charge in [-0.3, -0.25) is 0 Å². The number of hydrogen-bond acceptors (Lipinski definition) is 2. The van der Waals surface area contributed by atoms with Crippen LogP contribution in [0.2, 0.25) is 0 Å². The summed E-state index contributed by atoms with van der Waals surface area (Å²) >= 11 is 6.89. The van der Waals surface area contributed by atoms with Gasteiger partial charge in [-0.25, -0.2) is 0 Å². The van der Waals surface area contributed by atoms with Crippen molar-refractivity contribution in [3.63, 3.8) is 0 Å². The first-order valence-electron chi connectivity index (χ1n) is 5.69. The standard InChI is InChI=1S/C15H11Br2NO/c16-8-13-7-14(17)4-5-15(13)19-10-12-3-1-2-11(6-12)9-18/h1-7H,8,10H2. The average Bonchev–Trinajstić information content (AvgIpc) is 2.46. The normalized spacial score (nSPS) is 9.95. The maximum absolute atomic E-state index is 8.86. The molecule has 2 aromatic carbocycles. The van der Waals surface area contributed by atoms with E-state index in [1.54, 1.807) is 6.07 Å². The molecule has 0 spiro atoms. The van der Waals surface area contributed by atoms with Gasteiger partial charge >= 0.3 is 0 Å². The van der Waals surface area contributed by atoms with Crippen LogP contribution in [0.5, 0.6) is 5.75 Å². The second-order valence-electron chi connectivity index (χ2n) is 3.99. The number of benzene rings is 2. The molecule has 0 heterocycles. The molecule has 0 fully saturated rings. The molecule has 2 nitrogen and oxygen atoms in total. The van der Waals surface area contributed by atoms with Gasteiger partial charge in [0.05, 0.1) is 11.6 Å². The van der Waals surface area contributed by atoms with Crippen molar-refractivity contribution in [2.45, 2.75) is 11.9 Å². The molecule has 0 atom stereocenters. The summed E-state index contributed by atoms with van der Waals surface area (Å²) in [7, 11) is 0. The Balaban J connectivity index is 2.12. The van der Waals surface area contributed by atoms with Gasteiger partial charge in [-0.2, -0.15) is 5.26 Å². The maximum Gasteiger partial charge on any atom is 0.123 e. The Morgan fingerprint density at radius 2 is 2.00 bits per heavy atom. The van der Waals surface area contributed by atoms with Crippen molar-refractivity contribution in [3.05, 3.63) is 63.6 Å². The summed E-state index contributed by atoms with van der Waals surface area (Å²) in [5.41, 5.74) is 2.73. The van der Waals surface area contributed by atoms with Gasteiger partial charge in [0.25, 0.3) is 0 Å². The molecule has 2 aromatic rings. The average molecular weight is 381 g/mol. The Kier molecular flexibility index (Phi) is 5.00. The van der Waals surface area contributed by atoms with Gasteiger partial charge < -0.3 is 4.74 Å². The first-order valence-corrected chi connectivity index (χ1v) is 7.60. The van der Waals surface area contributed by atoms with Crippen LogP contribution < -0.4 is 4.74 Å². The molecule has 0 aliphatic heterocycles. The van der Waals surface area contributed by atoms with E-state index in [9.17, 15) is 0 Å². The van der Waals surface area contributed by atoms with Crippen molar-refractivity contribution >= 4 is 31.9 Å². The first-order chi connectivity index (χ1) is 9.22. The van der Waals surface area contributed by atoms with Crippen LogP contribution in [-0.4, -0.2) is 0 Å². The van der Waals surface area contributed by atoms with Crippen molar-refractivity contribution in [2.75, 3.05) is 0 Å². The molecular formula is C15H11Br2NO. The van der Waals surface area contributed by atoms with Crippen LogP contribution in [0, 0.1) is 11.3 Å². The number of nitriles is 1. The van der Waals surface area contributed by atoms with Crippen LogP contribution in [0.25, 0.3) is 0 Å². The Morgan fingerprint density at radius 1 is 1.16 bits per heavy atom. The van der Waals surface area contributed by atoms with Crippen molar-refractivity contribution in [3.8, 4) is 11.8 Å². The highest BCUT2D eigenvalue weighted by Crippen LogP contribution is 2.26. The van der Waals surface area contributed by atoms with E-state index < -0.39 is 0 Å². The Bertz CT molecular complexity index is 620. The van der Waals surface area contributed by atoms with Crippen LogP contribution in [0.3, 0.4) is 0 Å². The lowest BCUT2D eigenvalue weighted by Crippen LogP contribution is -1.98. The summed E-state index contributed by atoms with van der Waals surface area (Å²) in [6.45, 7) is 0.456. The Hall–Kier alpha value is -1.31. The number of halogens is 2. The molecule has 0 bridgehead atoms. The van der Waals surface area contributed by atoms with Crippen molar-refractivity contribution in [1.82, 2.24) is 0 Å². The quantitative estimate of drug-likeness (QED) is 0.714. The van der Waals surface area contributed by atoms with E-state index >= 15 is 0 Å². The Labute approximate surface area is 129 Å². The molecule has 0 amide bonds. The van der Waals surface area contributed by atoms with Crippen LogP contribution >= 0.6 is 31.9 Å². The van der Waals surface area contributed by atoms with E-state index in [4.69, 9.17) is 10.00 Å². The van der Waals surface area contributed by atoms with E-state index in [-0.39, 0.29) is 0 Å². The van der Waals surface area contributed by atoms with E-state index in [1.165, 1.54) is 0 Å². The molecule has 0 aromatic heterocycles. The molecule has 0 saturated heterocycles. The third-order valence-electron chi connectivity index (χ3n) is 2.62. The van der Waals surface area contributed by atoms with Crippen LogP contribution in [0.15, 0.2) is 46.9 Å². The van der Waals surface area contributed by atoms with Gasteiger partial charge in [0.1, 0.15) is 12.4 Å². The lowest BCUT2D eigenvalue weighted by molar-refractivity contribution is 0.304. The maximum atomic E-state index is 8.86. The minimum Gasteiger partial charge on any atom is -0.489 e. The summed E-state index contributed by atoms with van der Waals surface area (Å²) in [4.78, 5) is 0. The van der Waals surface area contributed by atoms with Gasteiger partial charge in [-0.05, 0) is 35.9 Å². The second-order valence-corrected chi connectivity index (χ2v) is 5.46. The molecule has 0 radical (unpaired) electrons. The lowest BCUT2D eigenvalue weighted by atomic mass is 10.1. The molecule has 2 rings (SSSR count). The molecule has 0 aliphatic carbocycles. The lowest BCUT2D eigenvalue weighted by Gasteiger charge is -2.10. The number of alkyl halides is 1. The number of ether oxygens (including phenoxy) is 1. The third kappa shape index (κ3) is 3.82. The summed E-state index contributed by atoms with van der Waals surface area (Å²) in [5, 5.41) is 9.59. The molecule has 19 heavy (non-hydrogen) atoms. The van der Waals surface area contributed by atoms with Gasteiger partial charge in [0.2, 0.25) is 0 Å². The van der Waals surface area contributed by atoms with Crippen molar-refractivity contribution < 1.29 is 4.74 Å². The molecule has 0 saturated carbocycles. The second kappa shape index (κ2) is 6.74. The van der Waals surface area contributed by atoms with Crippen molar-refractivity contribution in [2.24, 2.45) is 0 Å². The topological polar surface area (TPSA) is 33.0 Å². The largest absolute Gasteiger partial charge is 0.489 e. The summed E-state index contributed by atoms with van der Waals surface area (Å²) in [6.07, 6.45) is 0. The fraction of sp³-hybridized carbons (Fsp3) is 0.133. The summed E-state index contributed by atoms with van der Waals surface area (Å²) in [6, 6.07) is 15.5. The fourth-order valence-electron chi connectivity index (χ4n) is 1.69. The van der Waals surface area contributed by atoms with E-state index in [2.05, 4.69) is 37.9 Å². The third-order valence-corrected chi connectivity index (χ3v) is 3.71. The van der Waals surface area contributed by atoms with Gasteiger partial charge in [0.15, 0.2) is 0 Å². The minimum atomic E-state index is 0.456. The summed E-state index contributed by atoms with van der Waals surface area (Å²) in [5.74, 6) is 0.849. The predicted octanol–water partition coefficient (Wildman–Crippen LogP) is 4.79. The monoisotopic (exact) mass is 379 g/mol. The first kappa shape index (κ1) is 14.1. The SMILES string of the molecule is N#Cc1cccc(COc2ccc(Br)cc2CBr)c1.